The molecule has 3 N–H and O–H groups in total. The highest BCUT2D eigenvalue weighted by molar-refractivity contribution is 5.57. The third-order valence-electron chi connectivity index (χ3n) is 7.67. The summed E-state index contributed by atoms with van der Waals surface area (Å²) in [6.45, 7) is 12.8. The molecular weight excluding hydrogens is 452 g/mol. The van der Waals surface area contributed by atoms with Gasteiger partial charge in [-0.1, -0.05) is 70.2 Å². The molecule has 0 aliphatic carbocycles. The Morgan fingerprint density at radius 1 is 0.889 bits per heavy atom. The van der Waals surface area contributed by atoms with Gasteiger partial charge in [-0.2, -0.15) is 0 Å². The van der Waals surface area contributed by atoms with Crippen LogP contribution in [0.15, 0.2) is 42.5 Å². The minimum atomic E-state index is -0.758. The second-order valence-corrected chi connectivity index (χ2v) is 9.78. The van der Waals surface area contributed by atoms with E-state index in [9.17, 15) is 10.2 Å². The monoisotopic (exact) mass is 498 g/mol. The lowest BCUT2D eigenvalue weighted by molar-refractivity contribution is -0.0192. The average Bonchev–Trinajstić information content (AvgIpc) is 2.88. The van der Waals surface area contributed by atoms with Crippen LogP contribution in [-0.2, 0) is 10.2 Å². The number of ether oxygens (including phenoxy) is 2. The molecule has 2 rings (SSSR count). The predicted molar refractivity (Wildman–Crippen MR) is 147 cm³/mol. The molecular formula is C31H46O5. The zero-order valence-electron chi connectivity index (χ0n) is 23.0. The van der Waals surface area contributed by atoms with E-state index in [1.54, 1.807) is 0 Å². The van der Waals surface area contributed by atoms with Gasteiger partial charge < -0.3 is 24.8 Å². The van der Waals surface area contributed by atoms with Crippen LogP contribution in [0.4, 0.5) is 0 Å². The lowest BCUT2D eigenvalue weighted by Gasteiger charge is -2.34. The second kappa shape index (κ2) is 13.9. The molecule has 2 aromatic rings. The molecule has 1 atom stereocenters. The van der Waals surface area contributed by atoms with Crippen LogP contribution in [0.1, 0.15) is 87.6 Å². The fourth-order valence-corrected chi connectivity index (χ4v) is 4.79. The van der Waals surface area contributed by atoms with E-state index in [1.807, 2.05) is 39.0 Å². The maximum Gasteiger partial charge on any atom is 0.143 e. The summed E-state index contributed by atoms with van der Waals surface area (Å²) in [4.78, 5) is 0. The van der Waals surface area contributed by atoms with Crippen LogP contribution in [-0.4, -0.2) is 47.0 Å². The number of aliphatic hydroxyl groups is 3. The van der Waals surface area contributed by atoms with E-state index in [1.165, 1.54) is 16.7 Å². The lowest BCUT2D eigenvalue weighted by atomic mass is 9.70. The molecule has 0 aliphatic rings. The van der Waals surface area contributed by atoms with Crippen molar-refractivity contribution in [2.75, 3.05) is 20.0 Å². The van der Waals surface area contributed by atoms with Gasteiger partial charge in [0.1, 0.15) is 19.1 Å². The van der Waals surface area contributed by atoms with E-state index in [0.717, 1.165) is 29.7 Å². The van der Waals surface area contributed by atoms with Crippen LogP contribution in [0.2, 0.25) is 0 Å². The van der Waals surface area contributed by atoms with E-state index >= 15 is 0 Å². The molecule has 5 nitrogen and oxygen atoms in total. The maximum absolute atomic E-state index is 10.6. The molecule has 0 saturated carbocycles. The molecule has 200 valence electrons. The van der Waals surface area contributed by atoms with E-state index in [4.69, 9.17) is 14.6 Å². The van der Waals surface area contributed by atoms with Crippen LogP contribution >= 0.6 is 0 Å². The van der Waals surface area contributed by atoms with Gasteiger partial charge in [0.2, 0.25) is 0 Å². The number of hydrogen-bond donors (Lipinski definition) is 3. The minimum Gasteiger partial charge on any atom is -0.491 e. The van der Waals surface area contributed by atoms with Crippen LogP contribution in [0.3, 0.4) is 0 Å². The zero-order valence-corrected chi connectivity index (χ0v) is 23.0. The first-order valence-electron chi connectivity index (χ1n) is 13.3. The average molecular weight is 499 g/mol. The SMILES string of the molecule is CCC(O)(C=Cc1ccc(C(CC)(CC)c2ccc(OC[C@@H](O)CCOCO)c(C)c2)cc1C)CC. The highest BCUT2D eigenvalue weighted by atomic mass is 16.6. The Bertz CT molecular complexity index is 973. The Balaban J connectivity index is 2.28. The quantitative estimate of drug-likeness (QED) is 0.205. The van der Waals surface area contributed by atoms with Gasteiger partial charge in [-0.05, 0) is 73.4 Å². The largest absolute Gasteiger partial charge is 0.491 e. The Kier molecular flexibility index (Phi) is 11.6. The molecule has 0 amide bonds. The van der Waals surface area contributed by atoms with Crippen molar-refractivity contribution in [3.63, 3.8) is 0 Å². The Morgan fingerprint density at radius 3 is 2.03 bits per heavy atom. The fourth-order valence-electron chi connectivity index (χ4n) is 4.79. The normalized spacial score (nSPS) is 13.4. The molecule has 0 heterocycles. The van der Waals surface area contributed by atoms with Gasteiger partial charge in [0, 0.05) is 11.8 Å². The summed E-state index contributed by atoms with van der Waals surface area (Å²) in [5.41, 5.74) is 5.02. The Hall–Kier alpha value is -2.18. The molecule has 0 bridgehead atoms. The number of aryl methyl sites for hydroxylation is 2. The van der Waals surface area contributed by atoms with E-state index in [-0.39, 0.29) is 18.8 Å². The van der Waals surface area contributed by atoms with Crippen LogP contribution < -0.4 is 4.74 Å². The van der Waals surface area contributed by atoms with Gasteiger partial charge in [-0.3, -0.25) is 0 Å². The molecule has 0 aliphatic heterocycles. The lowest BCUT2D eigenvalue weighted by Crippen LogP contribution is -2.26. The van der Waals surface area contributed by atoms with Crippen molar-refractivity contribution in [1.82, 2.24) is 0 Å². The summed E-state index contributed by atoms with van der Waals surface area (Å²) in [6.07, 6.45) is 7.06. The molecule has 0 fully saturated rings. The Labute approximate surface area is 217 Å². The molecule has 0 aromatic heterocycles. The maximum atomic E-state index is 10.6. The van der Waals surface area contributed by atoms with E-state index < -0.39 is 11.7 Å². The molecule has 0 unspecified atom stereocenters. The first-order valence-corrected chi connectivity index (χ1v) is 13.3. The molecule has 0 saturated heterocycles. The minimum absolute atomic E-state index is 0.120. The summed E-state index contributed by atoms with van der Waals surface area (Å²) in [5.74, 6) is 0.762. The van der Waals surface area contributed by atoms with Crippen LogP contribution in [0.25, 0.3) is 6.08 Å². The van der Waals surface area contributed by atoms with Gasteiger partial charge in [0.15, 0.2) is 0 Å². The van der Waals surface area contributed by atoms with E-state index in [0.29, 0.717) is 25.9 Å². The van der Waals surface area contributed by atoms with Gasteiger partial charge in [0.05, 0.1) is 18.3 Å². The topological polar surface area (TPSA) is 79.2 Å². The number of rotatable bonds is 15. The highest BCUT2D eigenvalue weighted by Gasteiger charge is 2.31. The van der Waals surface area contributed by atoms with Crippen LogP contribution in [0.5, 0.6) is 5.75 Å². The first-order chi connectivity index (χ1) is 17.2. The molecule has 2 aromatic carbocycles. The number of benzene rings is 2. The third-order valence-corrected chi connectivity index (χ3v) is 7.67. The fraction of sp³-hybridized carbons (Fsp3) is 0.548. The number of aliphatic hydroxyl groups excluding tert-OH is 2. The summed E-state index contributed by atoms with van der Waals surface area (Å²) >= 11 is 0. The second-order valence-electron chi connectivity index (χ2n) is 9.78. The third kappa shape index (κ3) is 7.42. The van der Waals surface area contributed by atoms with Crippen molar-refractivity contribution in [3.8, 4) is 5.75 Å². The van der Waals surface area contributed by atoms with Crippen molar-refractivity contribution in [1.29, 1.82) is 0 Å². The zero-order chi connectivity index (χ0) is 26.8. The summed E-state index contributed by atoms with van der Waals surface area (Å²) < 4.78 is 10.8. The first kappa shape index (κ1) is 30.0. The summed E-state index contributed by atoms with van der Waals surface area (Å²) in [6, 6.07) is 13.0. The smallest absolute Gasteiger partial charge is 0.143 e. The van der Waals surface area contributed by atoms with Crippen molar-refractivity contribution < 1.29 is 24.8 Å². The van der Waals surface area contributed by atoms with Gasteiger partial charge in [-0.25, -0.2) is 0 Å². The van der Waals surface area contributed by atoms with Gasteiger partial charge in [0.25, 0.3) is 0 Å². The number of hydrogen-bond acceptors (Lipinski definition) is 5. The summed E-state index contributed by atoms with van der Waals surface area (Å²) in [7, 11) is 0. The Morgan fingerprint density at radius 2 is 1.50 bits per heavy atom. The van der Waals surface area contributed by atoms with Crippen molar-refractivity contribution in [2.24, 2.45) is 0 Å². The van der Waals surface area contributed by atoms with Crippen molar-refractivity contribution in [3.05, 3.63) is 70.3 Å². The van der Waals surface area contributed by atoms with E-state index in [2.05, 4.69) is 51.1 Å². The molecule has 0 radical (unpaired) electrons. The molecule has 5 heteroatoms. The summed E-state index contributed by atoms with van der Waals surface area (Å²) in [5, 5.41) is 29.4. The van der Waals surface area contributed by atoms with Crippen molar-refractivity contribution in [2.45, 2.75) is 90.8 Å². The standard InChI is InChI=1S/C31H46O5/c1-7-30(34,8-2)17-15-25-11-12-26(19-23(25)5)31(9-3,10-4)27-13-14-29(24(6)20-27)36-21-28(33)16-18-35-22-32/h11-15,17,19-20,28,32-34H,7-10,16,18,21-22H2,1-6H3/t28-/m0/s1. The van der Waals surface area contributed by atoms with Crippen LogP contribution in [0, 0.1) is 13.8 Å². The molecule has 36 heavy (non-hydrogen) atoms. The highest BCUT2D eigenvalue weighted by Crippen LogP contribution is 2.41. The predicted octanol–water partition coefficient (Wildman–Crippen LogP) is 6.07. The van der Waals surface area contributed by atoms with Crippen molar-refractivity contribution >= 4 is 6.08 Å². The van der Waals surface area contributed by atoms with Gasteiger partial charge >= 0.3 is 0 Å². The molecule has 0 spiro atoms. The van der Waals surface area contributed by atoms with Gasteiger partial charge in [-0.15, -0.1) is 0 Å².